The van der Waals surface area contributed by atoms with E-state index >= 15 is 0 Å². The van der Waals surface area contributed by atoms with Crippen LogP contribution in [0.4, 0.5) is 0 Å². The van der Waals surface area contributed by atoms with E-state index in [1.807, 2.05) is 0 Å². The van der Waals surface area contributed by atoms with Gasteiger partial charge in [-0.05, 0) is 36.7 Å². The van der Waals surface area contributed by atoms with Crippen LogP contribution < -0.4 is 11.3 Å². The van der Waals surface area contributed by atoms with E-state index < -0.39 is 11.5 Å². The van der Waals surface area contributed by atoms with Crippen LogP contribution >= 0.6 is 11.6 Å². The van der Waals surface area contributed by atoms with Gasteiger partial charge in [0.1, 0.15) is 5.56 Å². The average Bonchev–Trinajstić information content (AvgIpc) is 2.29. The Bertz CT molecular complexity index is 679. The number of carbonyl (C=O) groups is 1. The molecule has 0 radical (unpaired) electrons. The van der Waals surface area contributed by atoms with E-state index in [9.17, 15) is 9.59 Å². The second kappa shape index (κ2) is 4.80. The van der Waals surface area contributed by atoms with Crippen molar-refractivity contribution in [2.24, 2.45) is 5.73 Å². The predicted octanol–water partition coefficient (Wildman–Crippen LogP) is 1.38. The first-order valence-electron chi connectivity index (χ1n) is 5.31. The number of aromatic amines is 1. The molecule has 4 N–H and O–H groups in total. The summed E-state index contributed by atoms with van der Waals surface area (Å²) in [5, 5.41) is 9.96. The molecule has 0 aliphatic rings. The summed E-state index contributed by atoms with van der Waals surface area (Å²) < 4.78 is 0. The molecule has 0 saturated heterocycles. The monoisotopic (exact) mass is 266 g/mol. The van der Waals surface area contributed by atoms with Gasteiger partial charge in [-0.15, -0.1) is 0 Å². The highest BCUT2D eigenvalue weighted by molar-refractivity contribution is 6.31. The molecule has 0 bridgehead atoms. The molecule has 0 unspecified atom stereocenters. The Labute approximate surface area is 107 Å². The lowest BCUT2D eigenvalue weighted by Gasteiger charge is -2.07. The molecule has 2 rings (SSSR count). The summed E-state index contributed by atoms with van der Waals surface area (Å²) in [6.45, 7) is 0.415. The fourth-order valence-corrected chi connectivity index (χ4v) is 2.12. The maximum atomic E-state index is 11.6. The van der Waals surface area contributed by atoms with Crippen molar-refractivity contribution in [2.45, 2.75) is 6.42 Å². The Balaban J connectivity index is 2.79. The van der Waals surface area contributed by atoms with E-state index in [2.05, 4.69) is 4.98 Å². The van der Waals surface area contributed by atoms with Gasteiger partial charge in [-0.3, -0.25) is 4.79 Å². The number of nitrogens with two attached hydrogens (primary N) is 1. The summed E-state index contributed by atoms with van der Waals surface area (Å²) in [5.74, 6) is -1.27. The summed E-state index contributed by atoms with van der Waals surface area (Å²) in [7, 11) is 0. The Morgan fingerprint density at radius 2 is 2.11 bits per heavy atom. The molecule has 1 aromatic carbocycles. The average molecular weight is 267 g/mol. The molecule has 1 aromatic heterocycles. The van der Waals surface area contributed by atoms with Gasteiger partial charge in [0.2, 0.25) is 0 Å². The number of fused-ring (bicyclic) bond motifs is 1. The molecule has 0 aliphatic carbocycles. The quantitative estimate of drug-likeness (QED) is 0.782. The number of H-pyrrole nitrogens is 1. The zero-order valence-corrected chi connectivity index (χ0v) is 10.1. The van der Waals surface area contributed by atoms with E-state index in [0.717, 1.165) is 5.56 Å². The topological polar surface area (TPSA) is 96.2 Å². The molecule has 0 saturated carbocycles. The van der Waals surface area contributed by atoms with E-state index in [4.69, 9.17) is 22.4 Å². The largest absolute Gasteiger partial charge is 0.477 e. The molecule has 0 fully saturated rings. The number of halogens is 1. The number of nitrogens with one attached hydrogen (secondary N) is 1. The first-order chi connectivity index (χ1) is 8.52. The van der Waals surface area contributed by atoms with Crippen LogP contribution in [0.3, 0.4) is 0 Å². The molecule has 5 nitrogen and oxygen atoms in total. The molecule has 0 amide bonds. The van der Waals surface area contributed by atoms with Crippen LogP contribution in [0, 0.1) is 0 Å². The summed E-state index contributed by atoms with van der Waals surface area (Å²) in [6, 6.07) is 4.65. The normalized spacial score (nSPS) is 10.8. The predicted molar refractivity (Wildman–Crippen MR) is 69.3 cm³/mol. The third-order valence-corrected chi connectivity index (χ3v) is 2.86. The van der Waals surface area contributed by atoms with Gasteiger partial charge in [-0.1, -0.05) is 11.6 Å². The van der Waals surface area contributed by atoms with Crippen LogP contribution in [0.25, 0.3) is 10.9 Å². The number of hydrogen-bond acceptors (Lipinski definition) is 3. The van der Waals surface area contributed by atoms with Crippen molar-refractivity contribution in [1.29, 1.82) is 0 Å². The van der Waals surface area contributed by atoms with Crippen LogP contribution in [0.1, 0.15) is 15.9 Å². The van der Waals surface area contributed by atoms with Crippen molar-refractivity contribution in [2.75, 3.05) is 6.54 Å². The summed E-state index contributed by atoms with van der Waals surface area (Å²) in [5.41, 5.74) is 5.94. The van der Waals surface area contributed by atoms with Crippen LogP contribution in [0.15, 0.2) is 23.0 Å². The first kappa shape index (κ1) is 12.6. The van der Waals surface area contributed by atoms with E-state index in [1.54, 1.807) is 12.1 Å². The molecule has 0 spiro atoms. The van der Waals surface area contributed by atoms with Gasteiger partial charge in [0.25, 0.3) is 5.56 Å². The molecule has 0 atom stereocenters. The number of benzene rings is 1. The van der Waals surface area contributed by atoms with Crippen LogP contribution in [-0.2, 0) is 6.42 Å². The number of rotatable bonds is 3. The minimum Gasteiger partial charge on any atom is -0.477 e. The number of carboxylic acids is 1. The summed E-state index contributed by atoms with van der Waals surface area (Å²) in [6.07, 6.45) is 0.555. The van der Waals surface area contributed by atoms with Gasteiger partial charge in [0.05, 0.1) is 5.52 Å². The first-order valence-corrected chi connectivity index (χ1v) is 5.69. The second-order valence-corrected chi connectivity index (χ2v) is 4.32. The SMILES string of the molecule is NCCc1cc(Cl)cc2cc(C(=O)O)c(=O)[nH]c12. The van der Waals surface area contributed by atoms with Crippen molar-refractivity contribution < 1.29 is 9.90 Å². The lowest BCUT2D eigenvalue weighted by Crippen LogP contribution is -2.18. The standard InChI is InChI=1S/C12H11ClN2O3/c13-8-3-6(1-2-14)10-7(4-8)5-9(12(17)18)11(16)15-10/h3-5H,1-2,14H2,(H,15,16)(H,17,18). The number of aromatic nitrogens is 1. The van der Waals surface area contributed by atoms with Gasteiger partial charge in [-0.2, -0.15) is 0 Å². The molecule has 1 heterocycles. The molecular weight excluding hydrogens is 256 g/mol. The van der Waals surface area contributed by atoms with Gasteiger partial charge in [0, 0.05) is 10.4 Å². The Morgan fingerprint density at radius 1 is 1.39 bits per heavy atom. The van der Waals surface area contributed by atoms with Crippen LogP contribution in [0.2, 0.25) is 5.02 Å². The van der Waals surface area contributed by atoms with Gasteiger partial charge in [0.15, 0.2) is 0 Å². The van der Waals surface area contributed by atoms with Crippen molar-refractivity contribution in [3.8, 4) is 0 Å². The Hall–Kier alpha value is -1.85. The number of hydrogen-bond donors (Lipinski definition) is 3. The van der Waals surface area contributed by atoms with Crippen LogP contribution in [0.5, 0.6) is 0 Å². The lowest BCUT2D eigenvalue weighted by atomic mass is 10.1. The highest BCUT2D eigenvalue weighted by atomic mass is 35.5. The van der Waals surface area contributed by atoms with Gasteiger partial charge >= 0.3 is 5.97 Å². The number of pyridine rings is 1. The van der Waals surface area contributed by atoms with E-state index in [0.29, 0.717) is 28.9 Å². The van der Waals surface area contributed by atoms with Crippen molar-refractivity contribution in [3.05, 3.63) is 44.7 Å². The lowest BCUT2D eigenvalue weighted by molar-refractivity contribution is 0.0695. The summed E-state index contributed by atoms with van der Waals surface area (Å²) in [4.78, 5) is 25.1. The minimum absolute atomic E-state index is 0.302. The number of carboxylic acid groups (broad SMARTS) is 1. The third kappa shape index (κ3) is 2.23. The molecule has 94 valence electrons. The van der Waals surface area contributed by atoms with E-state index in [-0.39, 0.29) is 5.56 Å². The number of aromatic carboxylic acids is 1. The summed E-state index contributed by atoms with van der Waals surface area (Å²) >= 11 is 5.95. The molecule has 0 aliphatic heterocycles. The van der Waals surface area contributed by atoms with Crippen molar-refractivity contribution in [3.63, 3.8) is 0 Å². The molecule has 2 aromatic rings. The fraction of sp³-hybridized carbons (Fsp3) is 0.167. The zero-order valence-electron chi connectivity index (χ0n) is 9.37. The Morgan fingerprint density at radius 3 is 2.72 bits per heavy atom. The highest BCUT2D eigenvalue weighted by Crippen LogP contribution is 2.22. The minimum atomic E-state index is -1.27. The van der Waals surface area contributed by atoms with Crippen molar-refractivity contribution in [1.82, 2.24) is 4.98 Å². The molecule has 6 heteroatoms. The molecular formula is C12H11ClN2O3. The van der Waals surface area contributed by atoms with Gasteiger partial charge < -0.3 is 15.8 Å². The maximum absolute atomic E-state index is 11.6. The van der Waals surface area contributed by atoms with Crippen LogP contribution in [-0.4, -0.2) is 22.6 Å². The smallest absolute Gasteiger partial charge is 0.341 e. The maximum Gasteiger partial charge on any atom is 0.341 e. The second-order valence-electron chi connectivity index (χ2n) is 3.89. The van der Waals surface area contributed by atoms with Gasteiger partial charge in [-0.25, -0.2) is 4.79 Å². The van der Waals surface area contributed by atoms with E-state index in [1.165, 1.54) is 6.07 Å². The fourth-order valence-electron chi connectivity index (χ4n) is 1.87. The molecule has 18 heavy (non-hydrogen) atoms. The highest BCUT2D eigenvalue weighted by Gasteiger charge is 2.12. The zero-order chi connectivity index (χ0) is 13.3. The Kier molecular flexibility index (Phi) is 3.36. The third-order valence-electron chi connectivity index (χ3n) is 2.64. The van der Waals surface area contributed by atoms with Crippen molar-refractivity contribution >= 4 is 28.5 Å².